The second kappa shape index (κ2) is 5.70. The van der Waals surface area contributed by atoms with E-state index >= 15 is 0 Å². The van der Waals surface area contributed by atoms with Gasteiger partial charge in [-0.15, -0.1) is 0 Å². The Kier molecular flexibility index (Phi) is 4.00. The molecule has 1 unspecified atom stereocenters. The molecule has 2 rings (SSSR count). The lowest BCUT2D eigenvalue weighted by molar-refractivity contribution is 0.227. The van der Waals surface area contributed by atoms with E-state index in [0.717, 1.165) is 24.3 Å². The molecular weight excluding hydrogens is 210 g/mol. The van der Waals surface area contributed by atoms with Crippen molar-refractivity contribution in [1.29, 1.82) is 5.26 Å². The van der Waals surface area contributed by atoms with Gasteiger partial charge < -0.3 is 10.2 Å². The first-order valence-corrected chi connectivity index (χ1v) is 6.31. The van der Waals surface area contributed by atoms with Gasteiger partial charge in [-0.2, -0.15) is 5.26 Å². The molecule has 0 amide bonds. The van der Waals surface area contributed by atoms with Crippen molar-refractivity contribution in [1.82, 2.24) is 4.90 Å². The van der Waals surface area contributed by atoms with Gasteiger partial charge >= 0.3 is 0 Å². The third-order valence-corrected chi connectivity index (χ3v) is 3.36. The minimum atomic E-state index is 0.471. The summed E-state index contributed by atoms with van der Waals surface area (Å²) in [5.74, 6) is 0. The normalized spacial score (nSPS) is 20.8. The standard InChI is InChI=1S/C14H19N3/c1-2-17-9-5-7-13(11-17)16-14-8-4-3-6-12(14)10-15/h3-4,6,8,13,16H,2,5,7,9,11H2,1H3. The third-order valence-electron chi connectivity index (χ3n) is 3.36. The van der Waals surface area contributed by atoms with Crippen LogP contribution in [0.2, 0.25) is 0 Å². The number of piperidine rings is 1. The molecule has 3 heteroatoms. The topological polar surface area (TPSA) is 39.1 Å². The number of para-hydroxylation sites is 1. The van der Waals surface area contributed by atoms with Gasteiger partial charge in [0.2, 0.25) is 0 Å². The van der Waals surface area contributed by atoms with Crippen LogP contribution >= 0.6 is 0 Å². The van der Waals surface area contributed by atoms with Crippen molar-refractivity contribution in [2.24, 2.45) is 0 Å². The van der Waals surface area contributed by atoms with E-state index in [2.05, 4.69) is 23.2 Å². The Morgan fingerprint density at radius 1 is 1.47 bits per heavy atom. The number of anilines is 1. The molecule has 17 heavy (non-hydrogen) atoms. The molecule has 1 saturated heterocycles. The largest absolute Gasteiger partial charge is 0.380 e. The zero-order valence-electron chi connectivity index (χ0n) is 10.3. The zero-order chi connectivity index (χ0) is 12.1. The van der Waals surface area contributed by atoms with Crippen molar-refractivity contribution in [3.63, 3.8) is 0 Å². The lowest BCUT2D eigenvalue weighted by Gasteiger charge is -2.33. The lowest BCUT2D eigenvalue weighted by atomic mass is 10.0. The quantitative estimate of drug-likeness (QED) is 0.865. The highest BCUT2D eigenvalue weighted by atomic mass is 15.2. The summed E-state index contributed by atoms with van der Waals surface area (Å²) in [6.45, 7) is 5.59. The Balaban J connectivity index is 2.03. The van der Waals surface area contributed by atoms with Gasteiger partial charge in [-0.1, -0.05) is 19.1 Å². The number of hydrogen-bond donors (Lipinski definition) is 1. The summed E-state index contributed by atoms with van der Waals surface area (Å²) < 4.78 is 0. The Morgan fingerprint density at radius 2 is 2.29 bits per heavy atom. The van der Waals surface area contributed by atoms with Crippen LogP contribution in [0.15, 0.2) is 24.3 Å². The van der Waals surface area contributed by atoms with Crippen molar-refractivity contribution < 1.29 is 0 Å². The minimum Gasteiger partial charge on any atom is -0.380 e. The van der Waals surface area contributed by atoms with Gasteiger partial charge in [0.15, 0.2) is 0 Å². The number of nitrogens with one attached hydrogen (secondary N) is 1. The number of nitriles is 1. The van der Waals surface area contributed by atoms with Gasteiger partial charge in [0.1, 0.15) is 6.07 Å². The van der Waals surface area contributed by atoms with Crippen molar-refractivity contribution >= 4 is 5.69 Å². The van der Waals surface area contributed by atoms with Crippen LogP contribution in [0.3, 0.4) is 0 Å². The Morgan fingerprint density at radius 3 is 3.06 bits per heavy atom. The summed E-state index contributed by atoms with van der Waals surface area (Å²) in [5.41, 5.74) is 1.71. The summed E-state index contributed by atoms with van der Waals surface area (Å²) in [6.07, 6.45) is 2.43. The van der Waals surface area contributed by atoms with Crippen LogP contribution in [0.25, 0.3) is 0 Å². The monoisotopic (exact) mass is 229 g/mol. The molecule has 1 heterocycles. The fourth-order valence-corrected chi connectivity index (χ4v) is 2.39. The van der Waals surface area contributed by atoms with Gasteiger partial charge in [0, 0.05) is 12.6 Å². The molecule has 1 fully saturated rings. The third kappa shape index (κ3) is 2.98. The number of nitrogens with zero attached hydrogens (tertiary/aromatic N) is 2. The second-order valence-corrected chi connectivity index (χ2v) is 4.53. The average molecular weight is 229 g/mol. The van der Waals surface area contributed by atoms with E-state index in [4.69, 9.17) is 5.26 Å². The van der Waals surface area contributed by atoms with E-state index in [9.17, 15) is 0 Å². The van der Waals surface area contributed by atoms with Gasteiger partial charge in [-0.3, -0.25) is 0 Å². The SMILES string of the molecule is CCN1CCCC(Nc2ccccc2C#N)C1. The molecule has 0 spiro atoms. The van der Waals surface area contributed by atoms with E-state index in [1.54, 1.807) is 0 Å². The highest BCUT2D eigenvalue weighted by molar-refractivity contribution is 5.57. The van der Waals surface area contributed by atoms with Crippen molar-refractivity contribution in [2.75, 3.05) is 25.0 Å². The molecule has 1 aromatic rings. The van der Waals surface area contributed by atoms with E-state index in [-0.39, 0.29) is 0 Å². The van der Waals surface area contributed by atoms with Crippen molar-refractivity contribution in [3.05, 3.63) is 29.8 Å². The fourth-order valence-electron chi connectivity index (χ4n) is 2.39. The van der Waals surface area contributed by atoms with Crippen LogP contribution < -0.4 is 5.32 Å². The molecule has 0 radical (unpaired) electrons. The summed E-state index contributed by atoms with van der Waals surface area (Å²) in [7, 11) is 0. The van der Waals surface area contributed by atoms with Crippen LogP contribution in [0.5, 0.6) is 0 Å². The average Bonchev–Trinajstić information content (AvgIpc) is 2.39. The maximum atomic E-state index is 9.05. The van der Waals surface area contributed by atoms with E-state index < -0.39 is 0 Å². The van der Waals surface area contributed by atoms with Crippen molar-refractivity contribution in [3.8, 4) is 6.07 Å². The summed E-state index contributed by atoms with van der Waals surface area (Å²) in [4.78, 5) is 2.45. The first-order valence-electron chi connectivity index (χ1n) is 6.31. The maximum Gasteiger partial charge on any atom is 0.101 e. The maximum absolute atomic E-state index is 9.05. The molecule has 1 aliphatic rings. The first kappa shape index (κ1) is 11.9. The lowest BCUT2D eigenvalue weighted by Crippen LogP contribution is -2.41. The van der Waals surface area contributed by atoms with Crippen LogP contribution in [0.1, 0.15) is 25.3 Å². The van der Waals surface area contributed by atoms with Gasteiger partial charge in [0.25, 0.3) is 0 Å². The second-order valence-electron chi connectivity index (χ2n) is 4.53. The Bertz CT molecular complexity index is 408. The highest BCUT2D eigenvalue weighted by Crippen LogP contribution is 2.19. The van der Waals surface area contributed by atoms with Gasteiger partial charge in [0.05, 0.1) is 11.3 Å². The Hall–Kier alpha value is -1.53. The molecule has 0 bridgehead atoms. The summed E-state index contributed by atoms with van der Waals surface area (Å²) in [5, 5.41) is 12.5. The molecular formula is C14H19N3. The predicted octanol–water partition coefficient (Wildman–Crippen LogP) is 2.45. The molecule has 1 aromatic carbocycles. The molecule has 1 N–H and O–H groups in total. The summed E-state index contributed by atoms with van der Waals surface area (Å²) >= 11 is 0. The summed E-state index contributed by atoms with van der Waals surface area (Å²) in [6, 6.07) is 10.4. The molecule has 1 atom stereocenters. The number of hydrogen-bond acceptors (Lipinski definition) is 3. The van der Waals surface area contributed by atoms with Crippen LogP contribution in [-0.2, 0) is 0 Å². The smallest absolute Gasteiger partial charge is 0.101 e. The van der Waals surface area contributed by atoms with E-state index in [0.29, 0.717) is 6.04 Å². The van der Waals surface area contributed by atoms with Crippen LogP contribution in [0, 0.1) is 11.3 Å². The van der Waals surface area contributed by atoms with E-state index in [1.165, 1.54) is 19.4 Å². The van der Waals surface area contributed by atoms with Crippen LogP contribution in [-0.4, -0.2) is 30.6 Å². The highest BCUT2D eigenvalue weighted by Gasteiger charge is 2.18. The molecule has 0 aliphatic carbocycles. The predicted molar refractivity (Wildman–Crippen MR) is 69.9 cm³/mol. The fraction of sp³-hybridized carbons (Fsp3) is 0.500. The van der Waals surface area contributed by atoms with Crippen LogP contribution in [0.4, 0.5) is 5.69 Å². The first-order chi connectivity index (χ1) is 8.33. The number of likely N-dealkylation sites (tertiary alicyclic amines) is 1. The van der Waals surface area contributed by atoms with Crippen molar-refractivity contribution in [2.45, 2.75) is 25.8 Å². The Labute approximate surface area is 103 Å². The molecule has 1 aliphatic heterocycles. The zero-order valence-corrected chi connectivity index (χ0v) is 10.3. The molecule has 90 valence electrons. The van der Waals surface area contributed by atoms with Gasteiger partial charge in [-0.05, 0) is 38.1 Å². The number of rotatable bonds is 3. The minimum absolute atomic E-state index is 0.471. The number of likely N-dealkylation sites (N-methyl/N-ethyl adjacent to an activating group) is 1. The van der Waals surface area contributed by atoms with E-state index in [1.807, 2.05) is 24.3 Å². The molecule has 0 saturated carbocycles. The molecule has 3 nitrogen and oxygen atoms in total. The van der Waals surface area contributed by atoms with Gasteiger partial charge in [-0.25, -0.2) is 0 Å². The molecule has 0 aromatic heterocycles. The number of benzene rings is 1.